The fourth-order valence-electron chi connectivity index (χ4n) is 4.21. The summed E-state index contributed by atoms with van der Waals surface area (Å²) in [7, 11) is 0. The van der Waals surface area contributed by atoms with E-state index in [1.807, 2.05) is 32.2 Å². The highest BCUT2D eigenvalue weighted by molar-refractivity contribution is 5.52. The van der Waals surface area contributed by atoms with Crippen LogP contribution in [0.3, 0.4) is 0 Å². The molecule has 0 amide bonds. The fraction of sp³-hybridized carbons (Fsp3) is 0.571. The number of hydrogen-bond acceptors (Lipinski definition) is 6. The molecule has 6 heteroatoms. The lowest BCUT2D eigenvalue weighted by molar-refractivity contribution is -0.0516. The predicted octanol–water partition coefficient (Wildman–Crippen LogP) is 3.94. The van der Waals surface area contributed by atoms with Gasteiger partial charge in [-0.25, -0.2) is 9.97 Å². The van der Waals surface area contributed by atoms with Crippen molar-refractivity contribution in [2.24, 2.45) is 0 Å². The summed E-state index contributed by atoms with van der Waals surface area (Å²) in [4.78, 5) is 16.1. The number of rotatable bonds is 4. The van der Waals surface area contributed by atoms with Gasteiger partial charge in [0.1, 0.15) is 6.10 Å². The van der Waals surface area contributed by atoms with Gasteiger partial charge in [-0.2, -0.15) is 0 Å². The van der Waals surface area contributed by atoms with Crippen LogP contribution in [-0.2, 0) is 4.74 Å². The zero-order chi connectivity index (χ0) is 18.6. The molecule has 144 valence electrons. The molecular weight excluding hydrogens is 338 g/mol. The normalized spacial score (nSPS) is 21.9. The SMILES string of the molecule is Cc1cc(C)nc(Nc2ccc([C@H]3CN(C4CCCCC4)CCO3)nc2)n1. The number of anilines is 2. The van der Waals surface area contributed by atoms with Crippen LogP contribution in [0.2, 0.25) is 0 Å². The highest BCUT2D eigenvalue weighted by Gasteiger charge is 2.28. The largest absolute Gasteiger partial charge is 0.369 e. The van der Waals surface area contributed by atoms with Crippen molar-refractivity contribution in [3.8, 4) is 0 Å². The smallest absolute Gasteiger partial charge is 0.227 e. The minimum absolute atomic E-state index is 0.0622. The molecule has 2 fully saturated rings. The van der Waals surface area contributed by atoms with E-state index in [0.29, 0.717) is 5.95 Å². The van der Waals surface area contributed by atoms with Crippen LogP contribution >= 0.6 is 0 Å². The Morgan fingerprint density at radius 3 is 2.56 bits per heavy atom. The maximum Gasteiger partial charge on any atom is 0.227 e. The second-order valence-electron chi connectivity index (χ2n) is 7.72. The molecule has 4 rings (SSSR count). The third-order valence-electron chi connectivity index (χ3n) is 5.54. The van der Waals surface area contributed by atoms with Crippen LogP contribution < -0.4 is 5.32 Å². The molecule has 2 aromatic heterocycles. The van der Waals surface area contributed by atoms with Crippen molar-refractivity contribution >= 4 is 11.6 Å². The van der Waals surface area contributed by atoms with Gasteiger partial charge in [-0.05, 0) is 44.9 Å². The van der Waals surface area contributed by atoms with E-state index in [9.17, 15) is 0 Å². The van der Waals surface area contributed by atoms with Crippen molar-refractivity contribution in [1.82, 2.24) is 19.9 Å². The maximum atomic E-state index is 6.03. The molecule has 2 aromatic rings. The number of morpholine rings is 1. The van der Waals surface area contributed by atoms with E-state index in [1.165, 1.54) is 32.1 Å². The number of ether oxygens (including phenoxy) is 1. The van der Waals surface area contributed by atoms with E-state index in [4.69, 9.17) is 4.74 Å². The second-order valence-corrected chi connectivity index (χ2v) is 7.72. The molecular formula is C21H29N5O. The van der Waals surface area contributed by atoms with Gasteiger partial charge in [0, 0.05) is 30.5 Å². The standard InChI is InChI=1S/C21H29N5O/c1-15-12-16(2)24-21(23-15)25-17-8-9-19(22-13-17)20-14-26(10-11-27-20)18-6-4-3-5-7-18/h8-9,12-13,18,20H,3-7,10-11,14H2,1-2H3,(H,23,24,25)/t20-/m1/s1. The lowest BCUT2D eigenvalue weighted by Crippen LogP contribution is -2.45. The van der Waals surface area contributed by atoms with Gasteiger partial charge in [0.05, 0.1) is 24.2 Å². The summed E-state index contributed by atoms with van der Waals surface area (Å²) < 4.78 is 6.03. The van der Waals surface area contributed by atoms with Crippen molar-refractivity contribution in [1.29, 1.82) is 0 Å². The topological polar surface area (TPSA) is 63.2 Å². The second kappa shape index (κ2) is 8.31. The third-order valence-corrected chi connectivity index (χ3v) is 5.54. The number of pyridine rings is 1. The van der Waals surface area contributed by atoms with Crippen molar-refractivity contribution in [2.45, 2.75) is 58.1 Å². The lowest BCUT2D eigenvalue weighted by atomic mass is 9.93. The summed E-state index contributed by atoms with van der Waals surface area (Å²) >= 11 is 0. The summed E-state index contributed by atoms with van der Waals surface area (Å²) in [6, 6.07) is 6.78. The number of nitrogens with zero attached hydrogens (tertiary/aromatic N) is 4. The Kier molecular flexibility index (Phi) is 5.64. The molecule has 1 saturated heterocycles. The summed E-state index contributed by atoms with van der Waals surface area (Å²) in [5.74, 6) is 0.611. The molecule has 0 spiro atoms. The van der Waals surface area contributed by atoms with E-state index in [-0.39, 0.29) is 6.10 Å². The molecule has 0 aromatic carbocycles. The van der Waals surface area contributed by atoms with Gasteiger partial charge in [-0.3, -0.25) is 9.88 Å². The lowest BCUT2D eigenvalue weighted by Gasteiger charge is -2.39. The molecule has 0 bridgehead atoms. The van der Waals surface area contributed by atoms with Crippen molar-refractivity contribution in [3.63, 3.8) is 0 Å². The summed E-state index contributed by atoms with van der Waals surface area (Å²) in [6.07, 6.45) is 8.70. The third kappa shape index (κ3) is 4.62. The Morgan fingerprint density at radius 2 is 1.85 bits per heavy atom. The van der Waals surface area contributed by atoms with Crippen LogP contribution in [0, 0.1) is 13.8 Å². The van der Waals surface area contributed by atoms with Gasteiger partial charge in [-0.1, -0.05) is 19.3 Å². The molecule has 0 unspecified atom stereocenters. The molecule has 1 N–H and O–H groups in total. The van der Waals surface area contributed by atoms with Gasteiger partial charge >= 0.3 is 0 Å². The van der Waals surface area contributed by atoms with Gasteiger partial charge in [0.2, 0.25) is 5.95 Å². The summed E-state index contributed by atoms with van der Waals surface area (Å²) in [5, 5.41) is 3.24. The maximum absolute atomic E-state index is 6.03. The fourth-order valence-corrected chi connectivity index (χ4v) is 4.21. The summed E-state index contributed by atoms with van der Waals surface area (Å²) in [6.45, 7) is 6.73. The zero-order valence-corrected chi connectivity index (χ0v) is 16.3. The quantitative estimate of drug-likeness (QED) is 0.883. The monoisotopic (exact) mass is 367 g/mol. The predicted molar refractivity (Wildman–Crippen MR) is 106 cm³/mol. The molecule has 6 nitrogen and oxygen atoms in total. The molecule has 1 atom stereocenters. The molecule has 1 aliphatic heterocycles. The van der Waals surface area contributed by atoms with E-state index in [1.54, 1.807) is 0 Å². The first-order valence-electron chi connectivity index (χ1n) is 10.1. The van der Waals surface area contributed by atoms with Gasteiger partial charge in [-0.15, -0.1) is 0 Å². The molecule has 1 saturated carbocycles. The Hall–Kier alpha value is -2.05. The van der Waals surface area contributed by atoms with E-state index in [2.05, 4.69) is 31.2 Å². The van der Waals surface area contributed by atoms with Crippen LogP contribution in [0.25, 0.3) is 0 Å². The molecule has 0 radical (unpaired) electrons. The highest BCUT2D eigenvalue weighted by atomic mass is 16.5. The van der Waals surface area contributed by atoms with Crippen LogP contribution in [0.5, 0.6) is 0 Å². The number of nitrogens with one attached hydrogen (secondary N) is 1. The average Bonchev–Trinajstić information content (AvgIpc) is 2.69. The first kappa shape index (κ1) is 18.3. The van der Waals surface area contributed by atoms with Crippen LogP contribution in [-0.4, -0.2) is 45.6 Å². The average molecular weight is 367 g/mol. The van der Waals surface area contributed by atoms with Crippen LogP contribution in [0.4, 0.5) is 11.6 Å². The Labute approximate surface area is 161 Å². The van der Waals surface area contributed by atoms with Gasteiger partial charge in [0.15, 0.2) is 0 Å². The molecule has 2 aliphatic rings. The first-order chi connectivity index (χ1) is 13.2. The Bertz CT molecular complexity index is 737. The van der Waals surface area contributed by atoms with E-state index < -0.39 is 0 Å². The van der Waals surface area contributed by atoms with Crippen LogP contribution in [0.15, 0.2) is 24.4 Å². The van der Waals surface area contributed by atoms with Crippen molar-refractivity contribution in [2.75, 3.05) is 25.0 Å². The zero-order valence-electron chi connectivity index (χ0n) is 16.3. The molecule has 27 heavy (non-hydrogen) atoms. The van der Waals surface area contributed by atoms with Crippen molar-refractivity contribution in [3.05, 3.63) is 41.5 Å². The van der Waals surface area contributed by atoms with Crippen LogP contribution in [0.1, 0.15) is 55.3 Å². The van der Waals surface area contributed by atoms with Gasteiger partial charge < -0.3 is 10.1 Å². The van der Waals surface area contributed by atoms with E-state index >= 15 is 0 Å². The Morgan fingerprint density at radius 1 is 1.07 bits per heavy atom. The van der Waals surface area contributed by atoms with Gasteiger partial charge in [0.25, 0.3) is 0 Å². The number of hydrogen-bond donors (Lipinski definition) is 1. The number of aryl methyl sites for hydroxylation is 2. The highest BCUT2D eigenvalue weighted by Crippen LogP contribution is 2.28. The number of aromatic nitrogens is 3. The first-order valence-corrected chi connectivity index (χ1v) is 10.1. The minimum Gasteiger partial charge on any atom is -0.369 e. The molecule has 3 heterocycles. The Balaban J connectivity index is 1.40. The van der Waals surface area contributed by atoms with Crippen molar-refractivity contribution < 1.29 is 4.74 Å². The molecule has 1 aliphatic carbocycles. The van der Waals surface area contributed by atoms with E-state index in [0.717, 1.165) is 48.5 Å². The summed E-state index contributed by atoms with van der Waals surface area (Å²) in [5.41, 5.74) is 3.80. The minimum atomic E-state index is 0.0622.